The molecule has 0 N–H and O–H groups in total. The molecule has 4 atom stereocenters. The molecule has 2 fully saturated rings. The number of hydrogen-bond donors (Lipinski definition) is 0. The fraction of sp³-hybridized carbons (Fsp3) is 0.684. The van der Waals surface area contributed by atoms with Gasteiger partial charge in [-0.2, -0.15) is 0 Å². The van der Waals surface area contributed by atoms with Gasteiger partial charge in [0.1, 0.15) is 0 Å². The lowest BCUT2D eigenvalue weighted by Crippen LogP contribution is -2.43. The molecule has 0 aliphatic heterocycles. The molecule has 4 aliphatic carbocycles. The van der Waals surface area contributed by atoms with Gasteiger partial charge in [-0.1, -0.05) is 55.7 Å². The molecule has 4 aliphatic rings. The van der Waals surface area contributed by atoms with E-state index in [1.54, 1.807) is 11.1 Å². The normalized spacial score (nSPS) is 47.9. The maximum atomic E-state index is 2.57. The summed E-state index contributed by atoms with van der Waals surface area (Å²) in [5.41, 5.74) is 4.54. The third-order valence-electron chi connectivity index (χ3n) is 6.81. The Bertz CT molecular complexity index is 492. The molecule has 0 aromatic carbocycles. The Labute approximate surface area is 117 Å². The molecule has 0 spiro atoms. The van der Waals surface area contributed by atoms with E-state index in [0.717, 1.165) is 11.8 Å². The second-order valence-corrected chi connectivity index (χ2v) is 7.77. The Morgan fingerprint density at radius 2 is 1.95 bits per heavy atom. The maximum Gasteiger partial charge on any atom is -0.00476 e. The second kappa shape index (κ2) is 3.87. The highest BCUT2D eigenvalue weighted by molar-refractivity contribution is 5.39. The van der Waals surface area contributed by atoms with Crippen molar-refractivity contribution in [1.82, 2.24) is 0 Å². The molecule has 0 nitrogen and oxygen atoms in total. The van der Waals surface area contributed by atoms with Gasteiger partial charge in [0.15, 0.2) is 0 Å². The zero-order valence-corrected chi connectivity index (χ0v) is 12.4. The van der Waals surface area contributed by atoms with Gasteiger partial charge >= 0.3 is 0 Å². The van der Waals surface area contributed by atoms with Crippen LogP contribution in [0.4, 0.5) is 0 Å². The minimum absolute atomic E-state index is 0.471. The highest BCUT2D eigenvalue weighted by Gasteiger charge is 2.50. The minimum atomic E-state index is 0.471. The lowest BCUT2D eigenvalue weighted by molar-refractivity contribution is 0.116. The zero-order chi connectivity index (χ0) is 13.1. The van der Waals surface area contributed by atoms with E-state index in [-0.39, 0.29) is 0 Å². The molecule has 0 amide bonds. The van der Waals surface area contributed by atoms with Crippen LogP contribution in [-0.4, -0.2) is 0 Å². The summed E-state index contributed by atoms with van der Waals surface area (Å²) in [7, 11) is 0. The van der Waals surface area contributed by atoms with Crippen LogP contribution >= 0.6 is 0 Å². The van der Waals surface area contributed by atoms with Gasteiger partial charge < -0.3 is 0 Å². The standard InChI is InChI=1S/C19H26/c1-18-11-5-7-16(18)15-9-8-14-6-3-4-12-19(14,2)17(15)10-13-18/h5,8-9,11,16-17H,3-4,6-7,10,12-13H2,1-2H3/t16-,17-,18-,19-/m0/s1. The molecule has 0 unspecified atom stereocenters. The number of rotatable bonds is 0. The first-order valence-electron chi connectivity index (χ1n) is 8.22. The van der Waals surface area contributed by atoms with Gasteiger partial charge in [-0.05, 0) is 61.2 Å². The predicted molar refractivity (Wildman–Crippen MR) is 80.8 cm³/mol. The largest absolute Gasteiger partial charge is 0.0873 e. The van der Waals surface area contributed by atoms with Gasteiger partial charge in [-0.15, -0.1) is 0 Å². The van der Waals surface area contributed by atoms with Gasteiger partial charge in [0.25, 0.3) is 0 Å². The average molecular weight is 254 g/mol. The third kappa shape index (κ3) is 1.52. The SMILES string of the molecule is C[C@@]12C=CC[C@H]1C1=CC=C3CCCC[C@]3(C)[C@H]1CC2. The van der Waals surface area contributed by atoms with Gasteiger partial charge in [0, 0.05) is 0 Å². The van der Waals surface area contributed by atoms with E-state index in [2.05, 4.69) is 38.2 Å². The summed E-state index contributed by atoms with van der Waals surface area (Å²) in [6, 6.07) is 0. The average Bonchev–Trinajstić information content (AvgIpc) is 2.79. The van der Waals surface area contributed by atoms with E-state index in [1.807, 2.05) is 0 Å². The van der Waals surface area contributed by atoms with Crippen LogP contribution in [0.3, 0.4) is 0 Å². The Morgan fingerprint density at radius 3 is 2.84 bits per heavy atom. The van der Waals surface area contributed by atoms with Crippen molar-refractivity contribution < 1.29 is 0 Å². The zero-order valence-electron chi connectivity index (χ0n) is 12.4. The molecular formula is C19H26. The van der Waals surface area contributed by atoms with E-state index < -0.39 is 0 Å². The van der Waals surface area contributed by atoms with Crippen molar-refractivity contribution in [3.8, 4) is 0 Å². The van der Waals surface area contributed by atoms with Crippen molar-refractivity contribution in [2.45, 2.75) is 58.8 Å². The van der Waals surface area contributed by atoms with Crippen LogP contribution in [0.25, 0.3) is 0 Å². The first-order valence-corrected chi connectivity index (χ1v) is 8.22. The lowest BCUT2D eigenvalue weighted by Gasteiger charge is -2.53. The highest BCUT2D eigenvalue weighted by atomic mass is 14.5. The second-order valence-electron chi connectivity index (χ2n) is 7.77. The Kier molecular flexibility index (Phi) is 2.44. The Morgan fingerprint density at radius 1 is 1.05 bits per heavy atom. The van der Waals surface area contributed by atoms with Crippen LogP contribution in [0, 0.1) is 22.7 Å². The molecule has 0 heteroatoms. The van der Waals surface area contributed by atoms with Gasteiger partial charge in [0.2, 0.25) is 0 Å². The van der Waals surface area contributed by atoms with Crippen molar-refractivity contribution in [1.29, 1.82) is 0 Å². The molecule has 0 bridgehead atoms. The van der Waals surface area contributed by atoms with Crippen LogP contribution < -0.4 is 0 Å². The summed E-state index contributed by atoms with van der Waals surface area (Å²) < 4.78 is 0. The van der Waals surface area contributed by atoms with Crippen molar-refractivity contribution in [2.75, 3.05) is 0 Å². The summed E-state index contributed by atoms with van der Waals surface area (Å²) >= 11 is 0. The van der Waals surface area contributed by atoms with Gasteiger partial charge in [0.05, 0.1) is 0 Å². The van der Waals surface area contributed by atoms with Gasteiger partial charge in [-0.3, -0.25) is 0 Å². The number of allylic oxidation sites excluding steroid dienone is 6. The molecule has 102 valence electrons. The van der Waals surface area contributed by atoms with E-state index in [9.17, 15) is 0 Å². The maximum absolute atomic E-state index is 2.57. The summed E-state index contributed by atoms with van der Waals surface area (Å²) in [5.74, 6) is 1.66. The van der Waals surface area contributed by atoms with Crippen molar-refractivity contribution in [2.24, 2.45) is 22.7 Å². The quantitative estimate of drug-likeness (QED) is 0.506. The fourth-order valence-corrected chi connectivity index (χ4v) is 5.54. The molecule has 0 aromatic heterocycles. The third-order valence-corrected chi connectivity index (χ3v) is 6.81. The smallest absolute Gasteiger partial charge is 0.00476 e. The van der Waals surface area contributed by atoms with Crippen LogP contribution in [0.1, 0.15) is 58.8 Å². The number of fused-ring (bicyclic) bond motifs is 5. The summed E-state index contributed by atoms with van der Waals surface area (Å²) in [5, 5.41) is 0. The van der Waals surface area contributed by atoms with Crippen molar-refractivity contribution in [3.05, 3.63) is 35.5 Å². The monoisotopic (exact) mass is 254 g/mol. The van der Waals surface area contributed by atoms with Crippen LogP contribution in [0.2, 0.25) is 0 Å². The highest BCUT2D eigenvalue weighted by Crippen LogP contribution is 2.61. The topological polar surface area (TPSA) is 0 Å². The molecule has 19 heavy (non-hydrogen) atoms. The van der Waals surface area contributed by atoms with Gasteiger partial charge in [-0.25, -0.2) is 0 Å². The molecule has 4 rings (SSSR count). The molecule has 0 radical (unpaired) electrons. The van der Waals surface area contributed by atoms with Crippen molar-refractivity contribution in [3.63, 3.8) is 0 Å². The summed E-state index contributed by atoms with van der Waals surface area (Å²) in [6.07, 6.45) is 19.7. The van der Waals surface area contributed by atoms with E-state index in [4.69, 9.17) is 0 Å². The molecule has 0 saturated heterocycles. The lowest BCUT2D eigenvalue weighted by atomic mass is 9.51. The molecule has 2 saturated carbocycles. The Balaban J connectivity index is 1.77. The summed E-state index contributed by atoms with van der Waals surface area (Å²) in [6.45, 7) is 5.06. The predicted octanol–water partition coefficient (Wildman–Crippen LogP) is 5.43. The molecule has 0 heterocycles. The van der Waals surface area contributed by atoms with E-state index in [1.165, 1.54) is 44.9 Å². The van der Waals surface area contributed by atoms with Crippen LogP contribution in [0.5, 0.6) is 0 Å². The molecular weight excluding hydrogens is 228 g/mol. The van der Waals surface area contributed by atoms with E-state index in [0.29, 0.717) is 10.8 Å². The Hall–Kier alpha value is -0.780. The fourth-order valence-electron chi connectivity index (χ4n) is 5.54. The van der Waals surface area contributed by atoms with Crippen LogP contribution in [0.15, 0.2) is 35.5 Å². The molecule has 0 aromatic rings. The first kappa shape index (κ1) is 12.0. The van der Waals surface area contributed by atoms with Crippen molar-refractivity contribution >= 4 is 0 Å². The number of hydrogen-bond acceptors (Lipinski definition) is 0. The first-order chi connectivity index (χ1) is 9.13. The van der Waals surface area contributed by atoms with Crippen LogP contribution in [-0.2, 0) is 0 Å². The van der Waals surface area contributed by atoms with E-state index >= 15 is 0 Å². The summed E-state index contributed by atoms with van der Waals surface area (Å²) in [4.78, 5) is 0. The minimum Gasteiger partial charge on any atom is -0.0873 e.